The minimum Gasteiger partial charge on any atom is -0.465 e. The van der Waals surface area contributed by atoms with Gasteiger partial charge in [0.2, 0.25) is 5.91 Å². The number of carbonyl (C=O) groups is 2. The summed E-state index contributed by atoms with van der Waals surface area (Å²) >= 11 is 0. The van der Waals surface area contributed by atoms with Crippen LogP contribution in [0.3, 0.4) is 0 Å². The van der Waals surface area contributed by atoms with Crippen molar-refractivity contribution in [3.63, 3.8) is 0 Å². The van der Waals surface area contributed by atoms with Gasteiger partial charge in [0.15, 0.2) is 0 Å². The van der Waals surface area contributed by atoms with Crippen molar-refractivity contribution < 1.29 is 14.7 Å². The maximum absolute atomic E-state index is 11.3. The van der Waals surface area contributed by atoms with Crippen molar-refractivity contribution in [2.45, 2.75) is 18.9 Å². The van der Waals surface area contributed by atoms with Gasteiger partial charge in [0, 0.05) is 0 Å². The summed E-state index contributed by atoms with van der Waals surface area (Å²) in [5, 5.41) is 11.1. The molecule has 4 unspecified atom stereocenters. The normalized spacial score (nSPS) is 37.6. The molecular formula is C10H14N2O3. The average molecular weight is 210 g/mol. The summed E-state index contributed by atoms with van der Waals surface area (Å²) in [6.07, 6.45) is 4.74. The Kier molecular flexibility index (Phi) is 2.38. The molecule has 3 rings (SSSR count). The van der Waals surface area contributed by atoms with Gasteiger partial charge in [0.1, 0.15) is 0 Å². The Balaban J connectivity index is 2.22. The zero-order valence-electron chi connectivity index (χ0n) is 8.22. The summed E-state index contributed by atoms with van der Waals surface area (Å²) in [6, 6.07) is -0.344. The lowest BCUT2D eigenvalue weighted by atomic mass is 9.65. The first-order valence-electron chi connectivity index (χ1n) is 5.06. The Morgan fingerprint density at radius 1 is 1.27 bits per heavy atom. The first-order chi connectivity index (χ1) is 7.09. The summed E-state index contributed by atoms with van der Waals surface area (Å²) in [5.41, 5.74) is 5.31. The van der Waals surface area contributed by atoms with Crippen LogP contribution in [-0.4, -0.2) is 23.1 Å². The van der Waals surface area contributed by atoms with Gasteiger partial charge in [-0.3, -0.25) is 4.79 Å². The third-order valence-electron chi connectivity index (χ3n) is 3.37. The van der Waals surface area contributed by atoms with Crippen LogP contribution in [0.5, 0.6) is 0 Å². The van der Waals surface area contributed by atoms with Gasteiger partial charge in [0.05, 0.1) is 12.0 Å². The summed E-state index contributed by atoms with van der Waals surface area (Å²) in [4.78, 5) is 21.9. The quantitative estimate of drug-likeness (QED) is 0.573. The van der Waals surface area contributed by atoms with Crippen LogP contribution < -0.4 is 11.1 Å². The molecule has 0 aromatic carbocycles. The maximum atomic E-state index is 11.3. The second-order valence-corrected chi connectivity index (χ2v) is 4.19. The van der Waals surface area contributed by atoms with Crippen molar-refractivity contribution in [1.29, 1.82) is 0 Å². The molecule has 15 heavy (non-hydrogen) atoms. The van der Waals surface area contributed by atoms with Gasteiger partial charge in [-0.1, -0.05) is 12.2 Å². The van der Waals surface area contributed by atoms with Gasteiger partial charge in [-0.05, 0) is 24.7 Å². The van der Waals surface area contributed by atoms with Crippen molar-refractivity contribution >= 4 is 12.0 Å². The highest BCUT2D eigenvalue weighted by Crippen LogP contribution is 2.40. The number of nitrogens with two attached hydrogens (primary N) is 1. The molecule has 5 heteroatoms. The van der Waals surface area contributed by atoms with Crippen molar-refractivity contribution in [3.8, 4) is 0 Å². The number of primary amides is 1. The Morgan fingerprint density at radius 2 is 1.87 bits per heavy atom. The van der Waals surface area contributed by atoms with Crippen LogP contribution in [-0.2, 0) is 4.79 Å². The lowest BCUT2D eigenvalue weighted by Crippen LogP contribution is -2.55. The number of rotatable bonds is 2. The standard InChI is InChI=1S/C10H14N2O3/c11-9(13)7-5-1-3-6(4-2-5)8(7)12-10(14)15/h1,3,5-8,12H,2,4H2,(H2,11,13)(H,14,15). The highest BCUT2D eigenvalue weighted by Gasteiger charge is 2.44. The molecule has 3 aliphatic carbocycles. The predicted octanol–water partition coefficient (Wildman–Crippen LogP) is 0.320. The van der Waals surface area contributed by atoms with E-state index in [1.165, 1.54) is 0 Å². The molecule has 82 valence electrons. The van der Waals surface area contributed by atoms with Gasteiger partial charge in [-0.2, -0.15) is 0 Å². The highest BCUT2D eigenvalue weighted by molar-refractivity contribution is 5.79. The highest BCUT2D eigenvalue weighted by atomic mass is 16.4. The average Bonchev–Trinajstić information content (AvgIpc) is 2.17. The molecule has 0 aliphatic heterocycles. The SMILES string of the molecule is NC(=O)C1C2C=CC(CC2)C1NC(=O)O. The Labute approximate surface area is 87.3 Å². The van der Waals surface area contributed by atoms with E-state index in [-0.39, 0.29) is 23.8 Å². The maximum Gasteiger partial charge on any atom is 0.404 e. The lowest BCUT2D eigenvalue weighted by Gasteiger charge is -2.43. The summed E-state index contributed by atoms with van der Waals surface area (Å²) < 4.78 is 0. The number of amides is 2. The van der Waals surface area contributed by atoms with Gasteiger partial charge in [-0.15, -0.1) is 0 Å². The number of nitrogens with one attached hydrogen (secondary N) is 1. The smallest absolute Gasteiger partial charge is 0.404 e. The molecule has 4 N–H and O–H groups in total. The predicted molar refractivity (Wildman–Crippen MR) is 53.0 cm³/mol. The topological polar surface area (TPSA) is 92.4 Å². The molecule has 2 bridgehead atoms. The lowest BCUT2D eigenvalue weighted by molar-refractivity contribution is -0.125. The number of carbonyl (C=O) groups excluding carboxylic acids is 1. The van der Waals surface area contributed by atoms with Crippen molar-refractivity contribution in [3.05, 3.63) is 12.2 Å². The van der Waals surface area contributed by atoms with Crippen LogP contribution in [0.2, 0.25) is 0 Å². The van der Waals surface area contributed by atoms with Gasteiger partial charge < -0.3 is 16.2 Å². The molecule has 0 spiro atoms. The van der Waals surface area contributed by atoms with E-state index in [0.29, 0.717) is 0 Å². The number of allylic oxidation sites excluding steroid dienone is 1. The first-order valence-corrected chi connectivity index (χ1v) is 5.06. The van der Waals surface area contributed by atoms with E-state index >= 15 is 0 Å². The van der Waals surface area contributed by atoms with Crippen LogP contribution in [0.4, 0.5) is 4.79 Å². The summed E-state index contributed by atoms with van der Waals surface area (Å²) in [7, 11) is 0. The molecule has 1 saturated carbocycles. The van der Waals surface area contributed by atoms with E-state index in [4.69, 9.17) is 10.8 Å². The number of fused-ring (bicyclic) bond motifs is 2. The largest absolute Gasteiger partial charge is 0.465 e. The zero-order valence-corrected chi connectivity index (χ0v) is 8.22. The second-order valence-electron chi connectivity index (χ2n) is 4.19. The molecular weight excluding hydrogens is 196 g/mol. The van der Waals surface area contributed by atoms with Crippen LogP contribution in [0, 0.1) is 17.8 Å². The molecule has 0 heterocycles. The van der Waals surface area contributed by atoms with Crippen LogP contribution in [0.25, 0.3) is 0 Å². The van der Waals surface area contributed by atoms with E-state index in [9.17, 15) is 9.59 Å². The minimum atomic E-state index is -1.09. The Morgan fingerprint density at radius 3 is 2.33 bits per heavy atom. The summed E-state index contributed by atoms with van der Waals surface area (Å²) in [5.74, 6) is -0.578. The zero-order chi connectivity index (χ0) is 11.0. The fraction of sp³-hybridized carbons (Fsp3) is 0.600. The third kappa shape index (κ3) is 1.69. The fourth-order valence-corrected chi connectivity index (χ4v) is 2.72. The fourth-order valence-electron chi connectivity index (χ4n) is 2.72. The number of hydrogen-bond acceptors (Lipinski definition) is 2. The molecule has 3 aliphatic rings. The molecule has 0 radical (unpaired) electrons. The molecule has 2 amide bonds. The van der Waals surface area contributed by atoms with Crippen molar-refractivity contribution in [2.24, 2.45) is 23.5 Å². The first kappa shape index (κ1) is 10.0. The van der Waals surface area contributed by atoms with E-state index in [1.54, 1.807) is 0 Å². The minimum absolute atomic E-state index is 0.101. The second kappa shape index (κ2) is 3.56. The van der Waals surface area contributed by atoms with E-state index in [1.807, 2.05) is 12.2 Å². The molecule has 0 saturated heterocycles. The van der Waals surface area contributed by atoms with Crippen molar-refractivity contribution in [2.75, 3.05) is 0 Å². The van der Waals surface area contributed by atoms with E-state index in [0.717, 1.165) is 12.8 Å². The molecule has 0 aromatic heterocycles. The van der Waals surface area contributed by atoms with Crippen molar-refractivity contribution in [1.82, 2.24) is 5.32 Å². The van der Waals surface area contributed by atoms with Crippen LogP contribution in [0.1, 0.15) is 12.8 Å². The van der Waals surface area contributed by atoms with Gasteiger partial charge >= 0.3 is 6.09 Å². The molecule has 4 atom stereocenters. The van der Waals surface area contributed by atoms with Gasteiger partial charge in [0.25, 0.3) is 0 Å². The van der Waals surface area contributed by atoms with E-state index < -0.39 is 12.0 Å². The monoisotopic (exact) mass is 210 g/mol. The van der Waals surface area contributed by atoms with Crippen LogP contribution >= 0.6 is 0 Å². The Bertz CT molecular complexity index is 327. The van der Waals surface area contributed by atoms with E-state index in [2.05, 4.69) is 5.32 Å². The Hall–Kier alpha value is -1.52. The summed E-state index contributed by atoms with van der Waals surface area (Å²) in [6.45, 7) is 0. The van der Waals surface area contributed by atoms with Crippen LogP contribution in [0.15, 0.2) is 12.2 Å². The number of carboxylic acid groups (broad SMARTS) is 1. The molecule has 1 fully saturated rings. The third-order valence-corrected chi connectivity index (χ3v) is 3.37. The van der Waals surface area contributed by atoms with Gasteiger partial charge in [-0.25, -0.2) is 4.79 Å². The molecule has 5 nitrogen and oxygen atoms in total. The number of hydrogen-bond donors (Lipinski definition) is 3. The molecule has 0 aromatic rings.